The highest BCUT2D eigenvalue weighted by molar-refractivity contribution is 7.89. The van der Waals surface area contributed by atoms with Crippen LogP contribution in [0.5, 0.6) is 0 Å². The van der Waals surface area contributed by atoms with E-state index in [1.54, 1.807) is 16.4 Å². The second kappa shape index (κ2) is 7.50. The Kier molecular flexibility index (Phi) is 5.11. The molecule has 158 valence electrons. The summed E-state index contributed by atoms with van der Waals surface area (Å²) in [6, 6.07) is 7.04. The summed E-state index contributed by atoms with van der Waals surface area (Å²) >= 11 is 5.63. The molecule has 5 nitrogen and oxygen atoms in total. The van der Waals surface area contributed by atoms with E-state index in [4.69, 9.17) is 12.2 Å². The van der Waals surface area contributed by atoms with E-state index in [0.717, 1.165) is 42.7 Å². The molecule has 4 saturated carbocycles. The molecule has 1 aromatic carbocycles. The third kappa shape index (κ3) is 3.93. The average molecular weight is 434 g/mol. The maximum Gasteiger partial charge on any atom is 0.243 e. The SMILES string of the molecule is O=S(=O)(c1ccc(NC(=S)NC23CC4CC(CC(C4)C2)C3)cc1)N1CCCCC1. The molecule has 0 atom stereocenters. The van der Waals surface area contributed by atoms with Crippen LogP contribution in [0.15, 0.2) is 29.2 Å². The summed E-state index contributed by atoms with van der Waals surface area (Å²) in [5, 5.41) is 7.62. The number of thiocarbonyl (C=S) groups is 1. The normalized spacial score (nSPS) is 34.1. The lowest BCUT2D eigenvalue weighted by Crippen LogP contribution is -2.60. The fraction of sp³-hybridized carbons (Fsp3) is 0.682. The lowest BCUT2D eigenvalue weighted by atomic mass is 9.53. The molecule has 0 unspecified atom stereocenters. The van der Waals surface area contributed by atoms with Crippen molar-refractivity contribution in [3.8, 4) is 0 Å². The van der Waals surface area contributed by atoms with E-state index in [9.17, 15) is 8.42 Å². The third-order valence-electron chi connectivity index (χ3n) is 7.48. The summed E-state index contributed by atoms with van der Waals surface area (Å²) in [5.74, 6) is 2.61. The Morgan fingerprint density at radius 3 is 2.03 bits per heavy atom. The van der Waals surface area contributed by atoms with E-state index in [2.05, 4.69) is 10.6 Å². The topological polar surface area (TPSA) is 61.4 Å². The molecule has 6 rings (SSSR count). The number of anilines is 1. The first kappa shape index (κ1) is 19.8. The molecule has 0 amide bonds. The maximum atomic E-state index is 12.8. The summed E-state index contributed by atoms with van der Waals surface area (Å²) in [6.45, 7) is 1.25. The Labute approximate surface area is 179 Å². The fourth-order valence-electron chi connectivity index (χ4n) is 6.63. The van der Waals surface area contributed by atoms with Crippen molar-refractivity contribution in [1.29, 1.82) is 0 Å². The van der Waals surface area contributed by atoms with E-state index in [-0.39, 0.29) is 5.54 Å². The smallest absolute Gasteiger partial charge is 0.243 e. The molecule has 4 aliphatic carbocycles. The van der Waals surface area contributed by atoms with Crippen LogP contribution in [0.2, 0.25) is 0 Å². The van der Waals surface area contributed by atoms with Gasteiger partial charge in [0, 0.05) is 24.3 Å². The number of hydrogen-bond acceptors (Lipinski definition) is 3. The molecule has 1 heterocycles. The van der Waals surface area contributed by atoms with E-state index < -0.39 is 10.0 Å². The van der Waals surface area contributed by atoms with Gasteiger partial charge in [-0.25, -0.2) is 8.42 Å². The standard InChI is InChI=1S/C22H31N3O2S2/c26-29(27,25-8-2-1-3-9-25)20-6-4-19(5-7-20)23-21(28)24-22-13-16-10-17(14-22)12-18(11-16)15-22/h4-7,16-18H,1-3,8-15H2,(H2,23,24,28). The van der Waals surface area contributed by atoms with Gasteiger partial charge in [-0.2, -0.15) is 4.31 Å². The highest BCUT2D eigenvalue weighted by Crippen LogP contribution is 2.55. The lowest BCUT2D eigenvalue weighted by Gasteiger charge is -2.57. The molecule has 0 aromatic heterocycles. The number of rotatable bonds is 4. The second-order valence-electron chi connectivity index (χ2n) is 9.77. The average Bonchev–Trinajstić information content (AvgIpc) is 2.67. The summed E-state index contributed by atoms with van der Waals surface area (Å²) in [5.41, 5.74) is 1.01. The van der Waals surface area contributed by atoms with Gasteiger partial charge in [-0.15, -0.1) is 0 Å². The van der Waals surface area contributed by atoms with Gasteiger partial charge in [-0.3, -0.25) is 0 Å². The summed E-state index contributed by atoms with van der Waals surface area (Å²) < 4.78 is 27.2. The largest absolute Gasteiger partial charge is 0.357 e. The van der Waals surface area contributed by atoms with Crippen LogP contribution in [0.25, 0.3) is 0 Å². The van der Waals surface area contributed by atoms with Gasteiger partial charge >= 0.3 is 0 Å². The summed E-state index contributed by atoms with van der Waals surface area (Å²) in [6.07, 6.45) is 11.0. The predicted octanol–water partition coefficient (Wildman–Crippen LogP) is 4.12. The van der Waals surface area contributed by atoms with Gasteiger partial charge in [0.15, 0.2) is 5.11 Å². The highest BCUT2D eigenvalue weighted by atomic mass is 32.2. The quantitative estimate of drug-likeness (QED) is 0.700. The minimum absolute atomic E-state index is 0.177. The fourth-order valence-corrected chi connectivity index (χ4v) is 8.48. The Balaban J connectivity index is 1.23. The van der Waals surface area contributed by atoms with Gasteiger partial charge < -0.3 is 10.6 Å². The van der Waals surface area contributed by atoms with Crippen LogP contribution < -0.4 is 10.6 Å². The van der Waals surface area contributed by atoms with Crippen molar-refractivity contribution in [2.75, 3.05) is 18.4 Å². The molecule has 5 aliphatic rings. The van der Waals surface area contributed by atoms with Crippen molar-refractivity contribution in [2.24, 2.45) is 17.8 Å². The minimum atomic E-state index is -3.39. The third-order valence-corrected chi connectivity index (χ3v) is 9.60. The molecule has 5 fully saturated rings. The first-order valence-corrected chi connectivity index (χ1v) is 13.0. The van der Waals surface area contributed by atoms with Crippen LogP contribution in [0.1, 0.15) is 57.8 Å². The Hall–Kier alpha value is -1.18. The molecule has 0 radical (unpaired) electrons. The number of nitrogens with zero attached hydrogens (tertiary/aromatic N) is 1. The second-order valence-corrected chi connectivity index (χ2v) is 12.1. The number of piperidine rings is 1. The van der Waals surface area contributed by atoms with Crippen LogP contribution in [0.3, 0.4) is 0 Å². The molecular weight excluding hydrogens is 402 g/mol. The van der Waals surface area contributed by atoms with Gasteiger partial charge in [-0.05, 0) is 106 Å². The van der Waals surface area contributed by atoms with Gasteiger partial charge in [0.25, 0.3) is 0 Å². The molecular formula is C22H31N3O2S2. The number of sulfonamides is 1. The van der Waals surface area contributed by atoms with Crippen molar-refractivity contribution in [2.45, 2.75) is 68.2 Å². The Bertz CT molecular complexity index is 841. The first-order chi connectivity index (χ1) is 13.9. The van der Waals surface area contributed by atoms with Gasteiger partial charge in [0.2, 0.25) is 10.0 Å². The van der Waals surface area contributed by atoms with Crippen molar-refractivity contribution in [3.05, 3.63) is 24.3 Å². The zero-order valence-corrected chi connectivity index (χ0v) is 18.5. The highest BCUT2D eigenvalue weighted by Gasteiger charge is 2.51. The predicted molar refractivity (Wildman–Crippen MR) is 119 cm³/mol. The van der Waals surface area contributed by atoms with E-state index in [1.807, 2.05) is 12.1 Å². The molecule has 2 N–H and O–H groups in total. The summed E-state index contributed by atoms with van der Waals surface area (Å²) in [7, 11) is -3.39. The van der Waals surface area contributed by atoms with Crippen molar-refractivity contribution >= 4 is 33.0 Å². The van der Waals surface area contributed by atoms with Gasteiger partial charge in [-0.1, -0.05) is 6.42 Å². The van der Waals surface area contributed by atoms with Crippen molar-refractivity contribution in [1.82, 2.24) is 9.62 Å². The number of nitrogens with one attached hydrogen (secondary N) is 2. The van der Waals surface area contributed by atoms with Crippen LogP contribution >= 0.6 is 12.2 Å². The minimum Gasteiger partial charge on any atom is -0.357 e. The molecule has 0 spiro atoms. The first-order valence-electron chi connectivity index (χ1n) is 11.1. The zero-order chi connectivity index (χ0) is 20.1. The maximum absolute atomic E-state index is 12.8. The van der Waals surface area contributed by atoms with Crippen LogP contribution in [0, 0.1) is 17.8 Å². The van der Waals surface area contributed by atoms with Gasteiger partial charge in [0.05, 0.1) is 4.90 Å². The van der Waals surface area contributed by atoms with E-state index >= 15 is 0 Å². The molecule has 29 heavy (non-hydrogen) atoms. The van der Waals surface area contributed by atoms with Crippen LogP contribution in [-0.2, 0) is 10.0 Å². The molecule has 4 bridgehead atoms. The lowest BCUT2D eigenvalue weighted by molar-refractivity contribution is -0.00972. The molecule has 1 aliphatic heterocycles. The van der Waals surface area contributed by atoms with Gasteiger partial charge in [0.1, 0.15) is 0 Å². The molecule has 7 heteroatoms. The zero-order valence-electron chi connectivity index (χ0n) is 16.9. The number of benzene rings is 1. The Morgan fingerprint density at radius 2 is 1.48 bits per heavy atom. The Morgan fingerprint density at radius 1 is 0.931 bits per heavy atom. The molecule has 1 aromatic rings. The van der Waals surface area contributed by atoms with Crippen molar-refractivity contribution < 1.29 is 8.42 Å². The number of hydrogen-bond donors (Lipinski definition) is 2. The molecule has 1 saturated heterocycles. The van der Waals surface area contributed by atoms with E-state index in [0.29, 0.717) is 23.1 Å². The van der Waals surface area contributed by atoms with Crippen molar-refractivity contribution in [3.63, 3.8) is 0 Å². The summed E-state index contributed by atoms with van der Waals surface area (Å²) in [4.78, 5) is 0.366. The monoisotopic (exact) mass is 433 g/mol. The van der Waals surface area contributed by atoms with E-state index in [1.165, 1.54) is 38.5 Å². The van der Waals surface area contributed by atoms with Crippen LogP contribution in [0.4, 0.5) is 5.69 Å². The van der Waals surface area contributed by atoms with Crippen LogP contribution in [-0.4, -0.2) is 36.5 Å².